The summed E-state index contributed by atoms with van der Waals surface area (Å²) in [5, 5.41) is 0. The standard InChI is InChI=1S/C12H14ClNO/c1-12(8-13)9-14(11(12)15)7-10-5-3-2-4-6-10/h2-6H,7-9H2,1H3. The van der Waals surface area contributed by atoms with Gasteiger partial charge in [-0.3, -0.25) is 4.79 Å². The Kier molecular flexibility index (Phi) is 2.70. The molecular formula is C12H14ClNO. The molecule has 1 aromatic carbocycles. The van der Waals surface area contributed by atoms with Crippen molar-refractivity contribution < 1.29 is 4.79 Å². The van der Waals surface area contributed by atoms with Gasteiger partial charge in [0.05, 0.1) is 5.41 Å². The number of nitrogens with zero attached hydrogens (tertiary/aromatic N) is 1. The number of β-lactam (4-membered cyclic amide) rings is 1. The molecule has 1 amide bonds. The predicted octanol–water partition coefficient (Wildman–Crippen LogP) is 2.27. The van der Waals surface area contributed by atoms with Crippen LogP contribution >= 0.6 is 11.6 Å². The van der Waals surface area contributed by atoms with Crippen LogP contribution in [0.1, 0.15) is 12.5 Å². The van der Waals surface area contributed by atoms with Crippen LogP contribution in [-0.2, 0) is 11.3 Å². The van der Waals surface area contributed by atoms with E-state index in [0.717, 1.165) is 6.54 Å². The lowest BCUT2D eigenvalue weighted by atomic mass is 9.82. The molecule has 1 unspecified atom stereocenters. The second-order valence-corrected chi connectivity index (χ2v) is 4.61. The van der Waals surface area contributed by atoms with Gasteiger partial charge in [-0.2, -0.15) is 0 Å². The molecule has 0 aromatic heterocycles. The average Bonchev–Trinajstić information content (AvgIpc) is 2.29. The van der Waals surface area contributed by atoms with E-state index in [0.29, 0.717) is 12.4 Å². The van der Waals surface area contributed by atoms with Crippen LogP contribution in [0.25, 0.3) is 0 Å². The highest BCUT2D eigenvalue weighted by atomic mass is 35.5. The Labute approximate surface area is 94.8 Å². The number of alkyl halides is 1. The van der Waals surface area contributed by atoms with Crippen LogP contribution in [0.3, 0.4) is 0 Å². The van der Waals surface area contributed by atoms with E-state index >= 15 is 0 Å². The molecule has 0 aliphatic carbocycles. The molecule has 0 spiro atoms. The minimum atomic E-state index is -0.323. The Bertz CT molecular complexity index is 365. The van der Waals surface area contributed by atoms with Gasteiger partial charge in [-0.25, -0.2) is 0 Å². The topological polar surface area (TPSA) is 20.3 Å². The molecule has 1 fully saturated rings. The maximum Gasteiger partial charge on any atom is 0.231 e. The molecule has 1 atom stereocenters. The molecule has 15 heavy (non-hydrogen) atoms. The quantitative estimate of drug-likeness (QED) is 0.569. The lowest BCUT2D eigenvalue weighted by Crippen LogP contribution is -2.60. The molecule has 1 saturated heterocycles. The number of halogens is 1. The molecule has 0 saturated carbocycles. The highest BCUT2D eigenvalue weighted by Crippen LogP contribution is 2.33. The maximum atomic E-state index is 11.8. The van der Waals surface area contributed by atoms with Gasteiger partial charge in [0, 0.05) is 19.0 Å². The number of amides is 1. The zero-order valence-electron chi connectivity index (χ0n) is 8.74. The second-order valence-electron chi connectivity index (χ2n) is 4.34. The number of rotatable bonds is 3. The summed E-state index contributed by atoms with van der Waals surface area (Å²) in [7, 11) is 0. The average molecular weight is 224 g/mol. The molecule has 2 rings (SSSR count). The molecule has 1 aromatic rings. The van der Waals surface area contributed by atoms with Crippen molar-refractivity contribution in [2.75, 3.05) is 12.4 Å². The molecule has 0 bridgehead atoms. The van der Waals surface area contributed by atoms with Crippen molar-refractivity contribution in [2.24, 2.45) is 5.41 Å². The highest BCUT2D eigenvalue weighted by Gasteiger charge is 2.47. The van der Waals surface area contributed by atoms with Gasteiger partial charge < -0.3 is 4.90 Å². The summed E-state index contributed by atoms with van der Waals surface area (Å²) in [6.07, 6.45) is 0. The van der Waals surface area contributed by atoms with Crippen molar-refractivity contribution in [1.29, 1.82) is 0 Å². The lowest BCUT2D eigenvalue weighted by Gasteiger charge is -2.45. The molecule has 0 radical (unpaired) electrons. The van der Waals surface area contributed by atoms with Crippen LogP contribution < -0.4 is 0 Å². The summed E-state index contributed by atoms with van der Waals surface area (Å²) in [6.45, 7) is 3.39. The van der Waals surface area contributed by atoms with Crippen molar-refractivity contribution in [3.8, 4) is 0 Å². The molecule has 80 valence electrons. The fourth-order valence-corrected chi connectivity index (χ4v) is 2.08. The van der Waals surface area contributed by atoms with E-state index in [1.165, 1.54) is 5.56 Å². The van der Waals surface area contributed by atoms with E-state index in [1.807, 2.05) is 42.2 Å². The van der Waals surface area contributed by atoms with Gasteiger partial charge in [0.15, 0.2) is 0 Å². The molecular weight excluding hydrogens is 210 g/mol. The van der Waals surface area contributed by atoms with Gasteiger partial charge >= 0.3 is 0 Å². The van der Waals surface area contributed by atoms with Crippen LogP contribution in [0.4, 0.5) is 0 Å². The van der Waals surface area contributed by atoms with Gasteiger partial charge in [0.1, 0.15) is 0 Å². The Morgan fingerprint density at radius 1 is 1.40 bits per heavy atom. The van der Waals surface area contributed by atoms with E-state index in [9.17, 15) is 4.79 Å². The van der Waals surface area contributed by atoms with Crippen molar-refractivity contribution in [2.45, 2.75) is 13.5 Å². The third-order valence-corrected chi connectivity index (χ3v) is 3.44. The molecule has 3 heteroatoms. The predicted molar refractivity (Wildman–Crippen MR) is 60.7 cm³/mol. The highest BCUT2D eigenvalue weighted by molar-refractivity contribution is 6.20. The summed E-state index contributed by atoms with van der Waals surface area (Å²) >= 11 is 5.76. The Hall–Kier alpha value is -1.02. The van der Waals surface area contributed by atoms with Crippen molar-refractivity contribution in [3.63, 3.8) is 0 Å². The zero-order valence-corrected chi connectivity index (χ0v) is 9.50. The van der Waals surface area contributed by atoms with E-state index in [2.05, 4.69) is 0 Å². The summed E-state index contributed by atoms with van der Waals surface area (Å²) in [4.78, 5) is 13.6. The first-order valence-electron chi connectivity index (χ1n) is 5.05. The first kappa shape index (κ1) is 10.5. The smallest absolute Gasteiger partial charge is 0.231 e. The van der Waals surface area contributed by atoms with E-state index in [1.54, 1.807) is 0 Å². The van der Waals surface area contributed by atoms with Crippen molar-refractivity contribution in [3.05, 3.63) is 35.9 Å². The van der Waals surface area contributed by atoms with Gasteiger partial charge in [-0.15, -0.1) is 11.6 Å². The number of hydrogen-bond donors (Lipinski definition) is 0. The van der Waals surface area contributed by atoms with Crippen molar-refractivity contribution in [1.82, 2.24) is 4.90 Å². The molecule has 1 aliphatic rings. The van der Waals surface area contributed by atoms with Crippen LogP contribution in [0.2, 0.25) is 0 Å². The minimum Gasteiger partial charge on any atom is -0.337 e. The minimum absolute atomic E-state index is 0.168. The normalized spacial score (nSPS) is 25.2. The van der Waals surface area contributed by atoms with Crippen LogP contribution in [0.15, 0.2) is 30.3 Å². The largest absolute Gasteiger partial charge is 0.337 e. The first-order valence-corrected chi connectivity index (χ1v) is 5.58. The Balaban J connectivity index is 1.98. The SMILES string of the molecule is CC1(CCl)CN(Cc2ccccc2)C1=O. The third-order valence-electron chi connectivity index (χ3n) is 2.85. The fourth-order valence-electron chi connectivity index (χ4n) is 1.88. The first-order chi connectivity index (χ1) is 7.15. The van der Waals surface area contributed by atoms with E-state index < -0.39 is 0 Å². The van der Waals surface area contributed by atoms with Gasteiger partial charge in [0.2, 0.25) is 5.91 Å². The number of carbonyl (C=O) groups is 1. The lowest BCUT2D eigenvalue weighted by molar-refractivity contribution is -0.157. The van der Waals surface area contributed by atoms with E-state index in [-0.39, 0.29) is 11.3 Å². The number of hydrogen-bond acceptors (Lipinski definition) is 1. The van der Waals surface area contributed by atoms with Crippen LogP contribution in [0.5, 0.6) is 0 Å². The molecule has 2 nitrogen and oxygen atoms in total. The third kappa shape index (κ3) is 1.86. The Morgan fingerprint density at radius 3 is 2.60 bits per heavy atom. The molecule has 0 N–H and O–H groups in total. The summed E-state index contributed by atoms with van der Waals surface area (Å²) < 4.78 is 0. The fraction of sp³-hybridized carbons (Fsp3) is 0.417. The maximum absolute atomic E-state index is 11.8. The second kappa shape index (κ2) is 3.86. The van der Waals surface area contributed by atoms with Gasteiger partial charge in [0.25, 0.3) is 0 Å². The molecule has 1 heterocycles. The van der Waals surface area contributed by atoms with E-state index in [4.69, 9.17) is 11.6 Å². The van der Waals surface area contributed by atoms with Crippen LogP contribution in [0, 0.1) is 5.41 Å². The van der Waals surface area contributed by atoms with Crippen LogP contribution in [-0.4, -0.2) is 23.2 Å². The summed E-state index contributed by atoms with van der Waals surface area (Å²) in [5.41, 5.74) is 0.846. The number of likely N-dealkylation sites (tertiary alicyclic amines) is 1. The zero-order chi connectivity index (χ0) is 10.9. The summed E-state index contributed by atoms with van der Waals surface area (Å²) in [6, 6.07) is 10.0. The van der Waals surface area contributed by atoms with Gasteiger partial charge in [-0.05, 0) is 12.5 Å². The summed E-state index contributed by atoms with van der Waals surface area (Å²) in [5.74, 6) is 0.582. The molecule has 1 aliphatic heterocycles. The van der Waals surface area contributed by atoms with Gasteiger partial charge in [-0.1, -0.05) is 30.3 Å². The number of carbonyl (C=O) groups excluding carboxylic acids is 1. The number of benzene rings is 1. The Morgan fingerprint density at radius 2 is 2.07 bits per heavy atom. The monoisotopic (exact) mass is 223 g/mol. The van der Waals surface area contributed by atoms with Crippen molar-refractivity contribution >= 4 is 17.5 Å².